The predicted octanol–water partition coefficient (Wildman–Crippen LogP) is 2.95. The number of fused-ring (bicyclic) bond motifs is 1. The Hall–Kier alpha value is -1.31. The standard InChI is InChI=1S/C10H11NO/c1-7(2)9-5-11-6-10-8(9)3-4-12-10/h3-7H,1-2H3. The molecule has 0 aliphatic rings. The van der Waals surface area contributed by atoms with Gasteiger partial charge < -0.3 is 4.42 Å². The largest absolute Gasteiger partial charge is 0.463 e. The van der Waals surface area contributed by atoms with E-state index in [9.17, 15) is 0 Å². The highest BCUT2D eigenvalue weighted by Crippen LogP contribution is 2.24. The van der Waals surface area contributed by atoms with Crippen LogP contribution in [0, 0.1) is 0 Å². The van der Waals surface area contributed by atoms with Crippen molar-refractivity contribution >= 4 is 11.0 Å². The van der Waals surface area contributed by atoms with E-state index in [1.165, 1.54) is 10.9 Å². The van der Waals surface area contributed by atoms with Crippen molar-refractivity contribution in [3.63, 3.8) is 0 Å². The molecule has 0 amide bonds. The fraction of sp³-hybridized carbons (Fsp3) is 0.300. The first-order valence-electron chi connectivity index (χ1n) is 4.10. The van der Waals surface area contributed by atoms with Gasteiger partial charge >= 0.3 is 0 Å². The van der Waals surface area contributed by atoms with Crippen LogP contribution in [0.4, 0.5) is 0 Å². The fourth-order valence-corrected chi connectivity index (χ4v) is 1.37. The van der Waals surface area contributed by atoms with Crippen molar-refractivity contribution in [2.24, 2.45) is 0 Å². The molecule has 12 heavy (non-hydrogen) atoms. The first-order valence-corrected chi connectivity index (χ1v) is 4.10. The Morgan fingerprint density at radius 1 is 1.33 bits per heavy atom. The molecule has 0 spiro atoms. The highest BCUT2D eigenvalue weighted by Gasteiger charge is 2.06. The second kappa shape index (κ2) is 2.63. The summed E-state index contributed by atoms with van der Waals surface area (Å²) in [6.45, 7) is 4.31. The van der Waals surface area contributed by atoms with Crippen LogP contribution >= 0.6 is 0 Å². The van der Waals surface area contributed by atoms with Gasteiger partial charge in [-0.2, -0.15) is 0 Å². The van der Waals surface area contributed by atoms with Crippen molar-refractivity contribution in [1.82, 2.24) is 4.98 Å². The Bertz CT molecular complexity index is 389. The van der Waals surface area contributed by atoms with E-state index in [-0.39, 0.29) is 0 Å². The Balaban J connectivity index is 2.73. The van der Waals surface area contributed by atoms with Crippen molar-refractivity contribution < 1.29 is 4.42 Å². The zero-order valence-corrected chi connectivity index (χ0v) is 7.24. The molecule has 0 bridgehead atoms. The maximum absolute atomic E-state index is 5.25. The minimum absolute atomic E-state index is 0.499. The summed E-state index contributed by atoms with van der Waals surface area (Å²) in [6, 6.07) is 1.99. The molecule has 2 rings (SSSR count). The fourth-order valence-electron chi connectivity index (χ4n) is 1.37. The summed E-state index contributed by atoms with van der Waals surface area (Å²) < 4.78 is 5.25. The van der Waals surface area contributed by atoms with Gasteiger partial charge in [-0.1, -0.05) is 13.8 Å². The summed E-state index contributed by atoms with van der Waals surface area (Å²) >= 11 is 0. The molecule has 2 nitrogen and oxygen atoms in total. The quantitative estimate of drug-likeness (QED) is 0.642. The van der Waals surface area contributed by atoms with Gasteiger partial charge in [0.1, 0.15) is 0 Å². The molecule has 2 aromatic rings. The molecule has 2 aromatic heterocycles. The molecule has 0 unspecified atom stereocenters. The van der Waals surface area contributed by atoms with E-state index in [4.69, 9.17) is 4.42 Å². The molecular weight excluding hydrogens is 150 g/mol. The van der Waals surface area contributed by atoms with Crippen LogP contribution in [0.1, 0.15) is 25.3 Å². The number of hydrogen-bond donors (Lipinski definition) is 0. The minimum Gasteiger partial charge on any atom is -0.463 e. The average molecular weight is 161 g/mol. The molecule has 0 aliphatic heterocycles. The SMILES string of the molecule is CC(C)c1cncc2occc12. The number of hydrogen-bond acceptors (Lipinski definition) is 2. The van der Waals surface area contributed by atoms with E-state index in [1.54, 1.807) is 12.5 Å². The lowest BCUT2D eigenvalue weighted by molar-refractivity contribution is 0.614. The van der Waals surface area contributed by atoms with Gasteiger partial charge in [-0.3, -0.25) is 4.98 Å². The zero-order valence-electron chi connectivity index (χ0n) is 7.24. The lowest BCUT2D eigenvalue weighted by Gasteiger charge is -2.04. The summed E-state index contributed by atoms with van der Waals surface area (Å²) in [6.07, 6.45) is 5.36. The molecule has 0 saturated carbocycles. The number of aromatic nitrogens is 1. The van der Waals surface area contributed by atoms with Crippen LogP contribution < -0.4 is 0 Å². The molecule has 0 atom stereocenters. The monoisotopic (exact) mass is 161 g/mol. The van der Waals surface area contributed by atoms with Crippen LogP contribution in [0.5, 0.6) is 0 Å². The molecule has 0 aliphatic carbocycles. The first-order chi connectivity index (χ1) is 5.79. The van der Waals surface area contributed by atoms with E-state index in [0.717, 1.165) is 5.58 Å². The molecular formula is C10H11NO. The van der Waals surface area contributed by atoms with Crippen molar-refractivity contribution in [2.45, 2.75) is 19.8 Å². The van der Waals surface area contributed by atoms with Crippen LogP contribution in [-0.2, 0) is 0 Å². The Kier molecular flexibility index (Phi) is 1.61. The third-order valence-electron chi connectivity index (χ3n) is 2.03. The van der Waals surface area contributed by atoms with E-state index in [1.807, 2.05) is 12.3 Å². The molecule has 0 saturated heterocycles. The Morgan fingerprint density at radius 2 is 2.17 bits per heavy atom. The first kappa shape index (κ1) is 7.35. The molecule has 0 fully saturated rings. The average Bonchev–Trinajstić information content (AvgIpc) is 2.49. The van der Waals surface area contributed by atoms with Gasteiger partial charge in [-0.25, -0.2) is 0 Å². The maximum Gasteiger partial charge on any atom is 0.152 e. The number of rotatable bonds is 1. The van der Waals surface area contributed by atoms with Gasteiger partial charge in [0.25, 0.3) is 0 Å². The van der Waals surface area contributed by atoms with Crippen LogP contribution in [0.3, 0.4) is 0 Å². The molecule has 2 heterocycles. The summed E-state index contributed by atoms with van der Waals surface area (Å²) in [5.41, 5.74) is 2.13. The van der Waals surface area contributed by atoms with Crippen molar-refractivity contribution in [3.8, 4) is 0 Å². The van der Waals surface area contributed by atoms with Crippen molar-refractivity contribution in [3.05, 3.63) is 30.3 Å². The number of pyridine rings is 1. The number of nitrogens with zero attached hydrogens (tertiary/aromatic N) is 1. The second-order valence-electron chi connectivity index (χ2n) is 3.22. The van der Waals surface area contributed by atoms with Gasteiger partial charge in [-0.15, -0.1) is 0 Å². The van der Waals surface area contributed by atoms with Crippen LogP contribution in [0.2, 0.25) is 0 Å². The van der Waals surface area contributed by atoms with Crippen LogP contribution in [0.15, 0.2) is 29.1 Å². The molecule has 0 aromatic carbocycles. The van der Waals surface area contributed by atoms with Gasteiger partial charge in [0, 0.05) is 11.6 Å². The van der Waals surface area contributed by atoms with Crippen molar-refractivity contribution in [1.29, 1.82) is 0 Å². The molecule has 0 N–H and O–H groups in total. The maximum atomic E-state index is 5.25. The third-order valence-corrected chi connectivity index (χ3v) is 2.03. The minimum atomic E-state index is 0.499. The summed E-state index contributed by atoms with van der Waals surface area (Å²) in [5.74, 6) is 0.499. The van der Waals surface area contributed by atoms with E-state index >= 15 is 0 Å². The van der Waals surface area contributed by atoms with Gasteiger partial charge in [-0.05, 0) is 17.5 Å². The number of furan rings is 1. The van der Waals surface area contributed by atoms with E-state index < -0.39 is 0 Å². The zero-order chi connectivity index (χ0) is 8.55. The highest BCUT2D eigenvalue weighted by atomic mass is 16.3. The smallest absolute Gasteiger partial charge is 0.152 e. The third kappa shape index (κ3) is 0.998. The molecule has 0 radical (unpaired) electrons. The lowest BCUT2D eigenvalue weighted by Crippen LogP contribution is -1.88. The van der Waals surface area contributed by atoms with Crippen molar-refractivity contribution in [2.75, 3.05) is 0 Å². The Morgan fingerprint density at radius 3 is 2.92 bits per heavy atom. The van der Waals surface area contributed by atoms with Gasteiger partial charge in [0.2, 0.25) is 0 Å². The summed E-state index contributed by atoms with van der Waals surface area (Å²) in [5, 5.41) is 1.18. The highest BCUT2D eigenvalue weighted by molar-refractivity contribution is 5.80. The van der Waals surface area contributed by atoms with Crippen LogP contribution in [0.25, 0.3) is 11.0 Å². The molecule has 2 heteroatoms. The molecule has 62 valence electrons. The second-order valence-corrected chi connectivity index (χ2v) is 3.22. The summed E-state index contributed by atoms with van der Waals surface area (Å²) in [4.78, 5) is 4.11. The predicted molar refractivity (Wildman–Crippen MR) is 48.1 cm³/mol. The topological polar surface area (TPSA) is 26.0 Å². The van der Waals surface area contributed by atoms with Gasteiger partial charge in [0.05, 0.1) is 12.5 Å². The van der Waals surface area contributed by atoms with Crippen LogP contribution in [-0.4, -0.2) is 4.98 Å². The van der Waals surface area contributed by atoms with Gasteiger partial charge in [0.15, 0.2) is 5.58 Å². The Labute approximate surface area is 71.2 Å². The van der Waals surface area contributed by atoms with E-state index in [0.29, 0.717) is 5.92 Å². The lowest BCUT2D eigenvalue weighted by atomic mass is 10.0. The van der Waals surface area contributed by atoms with E-state index in [2.05, 4.69) is 18.8 Å². The summed E-state index contributed by atoms with van der Waals surface area (Å²) in [7, 11) is 0. The normalized spacial score (nSPS) is 11.2.